The maximum absolute atomic E-state index is 14.0. The number of rotatable bonds is 7. The number of hydrogen-bond donors (Lipinski definition) is 2. The number of ether oxygens (including phenoxy) is 1. The van der Waals surface area contributed by atoms with E-state index in [2.05, 4.69) is 74.4 Å². The lowest BCUT2D eigenvalue weighted by Gasteiger charge is -2.42. The second-order valence-corrected chi connectivity index (χ2v) is 12.6. The molecule has 2 amide bonds. The number of nitrogens with zero attached hydrogens (tertiary/aromatic N) is 1. The molecule has 0 aromatic heterocycles. The van der Waals surface area contributed by atoms with Crippen LogP contribution >= 0.6 is 0 Å². The smallest absolute Gasteiger partial charge is 0.242 e. The molecule has 2 N–H and O–H groups in total. The molecule has 0 unspecified atom stereocenters. The van der Waals surface area contributed by atoms with Crippen molar-refractivity contribution in [3.8, 4) is 0 Å². The Kier molecular flexibility index (Phi) is 12.1. The minimum atomic E-state index is -0.507. The maximum atomic E-state index is 14.0. The summed E-state index contributed by atoms with van der Waals surface area (Å²) in [5, 5.41) is 6.48. The van der Waals surface area contributed by atoms with Crippen LogP contribution in [0.5, 0.6) is 0 Å². The summed E-state index contributed by atoms with van der Waals surface area (Å²) in [4.78, 5) is 29.9. The van der Waals surface area contributed by atoms with Crippen LogP contribution in [0.25, 0.3) is 0 Å². The molecule has 2 saturated heterocycles. The molecule has 6 heteroatoms. The van der Waals surface area contributed by atoms with Crippen LogP contribution in [0.4, 0.5) is 0 Å². The predicted octanol–water partition coefficient (Wildman–Crippen LogP) is 5.48. The third-order valence-corrected chi connectivity index (χ3v) is 8.33. The second-order valence-electron chi connectivity index (χ2n) is 12.6. The Bertz CT molecular complexity index is 859. The van der Waals surface area contributed by atoms with E-state index in [0.717, 1.165) is 71.0 Å². The Hall–Kier alpha value is -1.92. The molecular formula is C32H53N3O3. The van der Waals surface area contributed by atoms with Gasteiger partial charge < -0.3 is 15.4 Å². The first kappa shape index (κ1) is 30.6. The van der Waals surface area contributed by atoms with Gasteiger partial charge in [-0.3, -0.25) is 14.5 Å². The number of amides is 2. The summed E-state index contributed by atoms with van der Waals surface area (Å²) < 4.78 is 5.99. The number of piperidine rings is 1. The number of nitrogens with one attached hydrogen (secondary N) is 2. The molecule has 2 aliphatic rings. The average Bonchev–Trinajstić information content (AvgIpc) is 2.88. The van der Waals surface area contributed by atoms with Crippen molar-refractivity contribution in [1.29, 1.82) is 0 Å². The first-order valence-electron chi connectivity index (χ1n) is 15.2. The first-order chi connectivity index (χ1) is 18.2. The van der Waals surface area contributed by atoms with Crippen LogP contribution in [0, 0.1) is 17.3 Å². The maximum Gasteiger partial charge on any atom is 0.242 e. The van der Waals surface area contributed by atoms with Crippen LogP contribution in [0.2, 0.25) is 0 Å². The molecule has 0 aliphatic carbocycles. The van der Waals surface area contributed by atoms with Crippen LogP contribution in [-0.4, -0.2) is 55.1 Å². The van der Waals surface area contributed by atoms with Crippen LogP contribution in [-0.2, 0) is 27.3 Å². The summed E-state index contributed by atoms with van der Waals surface area (Å²) in [6.45, 7) is 14.7. The van der Waals surface area contributed by atoms with Crippen LogP contribution in [0.3, 0.4) is 0 Å². The van der Waals surface area contributed by atoms with Crippen molar-refractivity contribution in [1.82, 2.24) is 15.5 Å². The van der Waals surface area contributed by atoms with Crippen LogP contribution < -0.4 is 10.6 Å². The van der Waals surface area contributed by atoms with Gasteiger partial charge in [0.15, 0.2) is 0 Å². The van der Waals surface area contributed by atoms with Crippen molar-refractivity contribution in [2.24, 2.45) is 17.3 Å². The number of benzene rings is 1. The Morgan fingerprint density at radius 3 is 2.18 bits per heavy atom. The molecule has 38 heavy (non-hydrogen) atoms. The van der Waals surface area contributed by atoms with Gasteiger partial charge in [0.1, 0.15) is 6.04 Å². The van der Waals surface area contributed by atoms with E-state index in [4.69, 9.17) is 4.74 Å². The van der Waals surface area contributed by atoms with Crippen molar-refractivity contribution >= 4 is 11.8 Å². The van der Waals surface area contributed by atoms with Gasteiger partial charge in [0.2, 0.25) is 11.8 Å². The quantitative estimate of drug-likeness (QED) is 0.492. The van der Waals surface area contributed by atoms with E-state index < -0.39 is 11.5 Å². The van der Waals surface area contributed by atoms with Crippen molar-refractivity contribution in [3.63, 3.8) is 0 Å². The number of carbonyl (C=O) groups excluding carboxylic acids is 2. The number of hydrogen-bond acceptors (Lipinski definition) is 4. The minimum absolute atomic E-state index is 0.0272. The molecule has 214 valence electrons. The third-order valence-electron chi connectivity index (χ3n) is 8.33. The Morgan fingerprint density at radius 2 is 1.55 bits per heavy atom. The lowest BCUT2D eigenvalue weighted by molar-refractivity contribution is -0.139. The standard InChI is InChI=1S/C32H53N3O3/c1-6-26-10-12-27(13-11-26)22-35-17-15-32(16-18-35)14-8-7-9-19-38-23-28(20-24(2)3)33-30(36)29(21-25(4)5)34-31(32)37/h10-13,24-25,28-29H,6-9,14-23H2,1-5H3,(H,33,36)(H,34,37)/t28-,29-/m0/s1. The van der Waals surface area contributed by atoms with Crippen LogP contribution in [0.15, 0.2) is 24.3 Å². The molecule has 6 nitrogen and oxygen atoms in total. The predicted molar refractivity (Wildman–Crippen MR) is 155 cm³/mol. The van der Waals surface area contributed by atoms with Gasteiger partial charge in [-0.1, -0.05) is 71.7 Å². The Labute approximate surface area is 231 Å². The zero-order valence-corrected chi connectivity index (χ0v) is 24.7. The highest BCUT2D eigenvalue weighted by atomic mass is 16.5. The van der Waals surface area contributed by atoms with E-state index in [9.17, 15) is 9.59 Å². The number of likely N-dealkylation sites (tertiary alicyclic amines) is 1. The fourth-order valence-corrected chi connectivity index (χ4v) is 5.99. The topological polar surface area (TPSA) is 70.7 Å². The normalized spacial score (nSPS) is 24.3. The van der Waals surface area contributed by atoms with Gasteiger partial charge in [-0.05, 0) is 81.0 Å². The minimum Gasteiger partial charge on any atom is -0.379 e. The molecule has 2 fully saturated rings. The molecule has 3 rings (SSSR count). The highest BCUT2D eigenvalue weighted by molar-refractivity contribution is 5.90. The second kappa shape index (κ2) is 15.0. The summed E-state index contributed by atoms with van der Waals surface area (Å²) in [5.74, 6) is 0.779. The first-order valence-corrected chi connectivity index (χ1v) is 15.2. The zero-order chi connectivity index (χ0) is 27.5. The largest absolute Gasteiger partial charge is 0.379 e. The van der Waals surface area contributed by atoms with Gasteiger partial charge in [-0.2, -0.15) is 0 Å². The van der Waals surface area contributed by atoms with Crippen molar-refractivity contribution in [2.75, 3.05) is 26.3 Å². The van der Waals surface area contributed by atoms with Gasteiger partial charge >= 0.3 is 0 Å². The van der Waals surface area contributed by atoms with Gasteiger partial charge in [0, 0.05) is 13.2 Å². The summed E-state index contributed by atoms with van der Waals surface area (Å²) in [6.07, 6.45) is 8.22. The van der Waals surface area contributed by atoms with E-state index in [1.165, 1.54) is 11.1 Å². The SMILES string of the molecule is CCc1ccc(CN2CCC3(CCCCCOC[C@H](CC(C)C)NC(=O)[C@H](CC(C)C)NC3=O)CC2)cc1. The third kappa shape index (κ3) is 9.37. The molecular weight excluding hydrogens is 474 g/mol. The van der Waals surface area contributed by atoms with Gasteiger partial charge in [-0.15, -0.1) is 0 Å². The fraction of sp³-hybridized carbons (Fsp3) is 0.750. The molecule has 1 aromatic carbocycles. The molecule has 1 spiro atoms. The van der Waals surface area contributed by atoms with E-state index in [0.29, 0.717) is 31.5 Å². The lowest BCUT2D eigenvalue weighted by atomic mass is 9.73. The Balaban J connectivity index is 1.72. The number of carbonyl (C=O) groups is 2. The molecule has 2 heterocycles. The van der Waals surface area contributed by atoms with Crippen molar-refractivity contribution in [2.45, 2.75) is 111 Å². The summed E-state index contributed by atoms with van der Waals surface area (Å²) >= 11 is 0. The van der Waals surface area contributed by atoms with Gasteiger partial charge in [0.05, 0.1) is 18.1 Å². The molecule has 0 radical (unpaired) electrons. The summed E-state index contributed by atoms with van der Waals surface area (Å²) in [6, 6.07) is 8.39. The van der Waals surface area contributed by atoms with Gasteiger partial charge in [0.25, 0.3) is 0 Å². The van der Waals surface area contributed by atoms with Crippen LogP contribution in [0.1, 0.15) is 97.1 Å². The Morgan fingerprint density at radius 1 is 0.895 bits per heavy atom. The van der Waals surface area contributed by atoms with Gasteiger partial charge in [-0.25, -0.2) is 0 Å². The summed E-state index contributed by atoms with van der Waals surface area (Å²) in [7, 11) is 0. The molecule has 0 saturated carbocycles. The van der Waals surface area contributed by atoms with E-state index in [-0.39, 0.29) is 17.9 Å². The highest BCUT2D eigenvalue weighted by Gasteiger charge is 2.42. The summed E-state index contributed by atoms with van der Waals surface area (Å²) in [5.41, 5.74) is 2.29. The van der Waals surface area contributed by atoms with E-state index >= 15 is 0 Å². The van der Waals surface area contributed by atoms with E-state index in [1.807, 2.05) is 0 Å². The fourth-order valence-electron chi connectivity index (χ4n) is 5.99. The van der Waals surface area contributed by atoms with Crippen molar-refractivity contribution in [3.05, 3.63) is 35.4 Å². The molecule has 1 aromatic rings. The highest BCUT2D eigenvalue weighted by Crippen LogP contribution is 2.38. The monoisotopic (exact) mass is 527 g/mol. The van der Waals surface area contributed by atoms with E-state index in [1.54, 1.807) is 0 Å². The average molecular weight is 528 g/mol. The molecule has 0 bridgehead atoms. The lowest BCUT2D eigenvalue weighted by Crippen LogP contribution is -2.56. The molecule has 2 aliphatic heterocycles. The zero-order valence-electron chi connectivity index (χ0n) is 24.7. The molecule has 2 atom stereocenters. The number of aryl methyl sites for hydroxylation is 1. The van der Waals surface area contributed by atoms with Crippen molar-refractivity contribution < 1.29 is 14.3 Å².